The molecule has 1 atom stereocenters. The molecule has 2 rings (SSSR count). The number of likely N-dealkylation sites (N-methyl/N-ethyl adjacent to an activating group) is 2. The molecule has 0 saturated carbocycles. The third-order valence-corrected chi connectivity index (χ3v) is 2.98. The lowest BCUT2D eigenvalue weighted by atomic mass is 10.1. The summed E-state index contributed by atoms with van der Waals surface area (Å²) < 4.78 is 6.68. The lowest BCUT2D eigenvalue weighted by Gasteiger charge is -2.15. The highest BCUT2D eigenvalue weighted by molar-refractivity contribution is 5.73. The number of oxazole rings is 1. The predicted molar refractivity (Wildman–Crippen MR) is 67.2 cm³/mol. The molecule has 1 unspecified atom stereocenters. The van der Waals surface area contributed by atoms with Gasteiger partial charge < -0.3 is 15.1 Å². The molecule has 2 N–H and O–H groups in total. The lowest BCUT2D eigenvalue weighted by Crippen LogP contribution is -2.27. The molecule has 1 aromatic carbocycles. The van der Waals surface area contributed by atoms with Crippen LogP contribution in [0.4, 0.5) is 0 Å². The summed E-state index contributed by atoms with van der Waals surface area (Å²) in [6.07, 6.45) is 0. The minimum atomic E-state index is -0.327. The van der Waals surface area contributed by atoms with Crippen LogP contribution in [0.3, 0.4) is 0 Å². The van der Waals surface area contributed by atoms with Crippen LogP contribution >= 0.6 is 0 Å². The van der Waals surface area contributed by atoms with Crippen LogP contribution in [0.1, 0.15) is 11.6 Å². The fourth-order valence-electron chi connectivity index (χ4n) is 1.96. The van der Waals surface area contributed by atoms with Crippen LogP contribution in [0.5, 0.6) is 0 Å². The average molecular weight is 235 g/mol. The van der Waals surface area contributed by atoms with E-state index in [9.17, 15) is 4.79 Å². The summed E-state index contributed by atoms with van der Waals surface area (Å²) in [5.74, 6) is -0.327. The summed E-state index contributed by atoms with van der Waals surface area (Å²) in [7, 11) is 5.52. The van der Waals surface area contributed by atoms with Gasteiger partial charge in [-0.25, -0.2) is 4.79 Å². The Morgan fingerprint density at radius 1 is 1.41 bits per heavy atom. The van der Waals surface area contributed by atoms with Crippen LogP contribution in [0.25, 0.3) is 11.1 Å². The maximum absolute atomic E-state index is 11.4. The van der Waals surface area contributed by atoms with Crippen LogP contribution < -0.4 is 16.4 Å². The first-order chi connectivity index (χ1) is 8.17. The van der Waals surface area contributed by atoms with E-state index in [1.165, 1.54) is 4.57 Å². The maximum Gasteiger partial charge on any atom is 0.419 e. The Balaban J connectivity index is 2.47. The summed E-state index contributed by atoms with van der Waals surface area (Å²) >= 11 is 0. The van der Waals surface area contributed by atoms with Gasteiger partial charge in [0, 0.05) is 19.6 Å². The second-order valence-electron chi connectivity index (χ2n) is 4.05. The second-order valence-corrected chi connectivity index (χ2v) is 4.05. The van der Waals surface area contributed by atoms with Gasteiger partial charge in [0.1, 0.15) is 0 Å². The molecule has 0 fully saturated rings. The fraction of sp³-hybridized carbons (Fsp3) is 0.417. The minimum Gasteiger partial charge on any atom is -0.408 e. The molecule has 0 amide bonds. The highest BCUT2D eigenvalue weighted by atomic mass is 16.4. The van der Waals surface area contributed by atoms with Crippen molar-refractivity contribution < 1.29 is 4.42 Å². The highest BCUT2D eigenvalue weighted by Gasteiger charge is 2.11. The van der Waals surface area contributed by atoms with Crippen LogP contribution in [0, 0.1) is 0 Å². The molecule has 0 aliphatic rings. The van der Waals surface area contributed by atoms with E-state index in [2.05, 4.69) is 10.6 Å². The molecule has 2 aromatic rings. The third kappa shape index (κ3) is 2.11. The largest absolute Gasteiger partial charge is 0.419 e. The number of fused-ring (bicyclic) bond motifs is 1. The van der Waals surface area contributed by atoms with E-state index < -0.39 is 0 Å². The van der Waals surface area contributed by atoms with E-state index in [1.54, 1.807) is 7.05 Å². The average Bonchev–Trinajstić information content (AvgIpc) is 2.61. The predicted octanol–water partition coefficient (Wildman–Crippen LogP) is 0.611. The zero-order valence-corrected chi connectivity index (χ0v) is 10.3. The molecule has 0 saturated heterocycles. The van der Waals surface area contributed by atoms with E-state index in [0.717, 1.165) is 17.6 Å². The second kappa shape index (κ2) is 4.73. The van der Waals surface area contributed by atoms with Crippen molar-refractivity contribution in [3.63, 3.8) is 0 Å². The summed E-state index contributed by atoms with van der Waals surface area (Å²) in [6, 6.07) is 6.04. The van der Waals surface area contributed by atoms with Gasteiger partial charge in [-0.3, -0.25) is 4.57 Å². The molecule has 17 heavy (non-hydrogen) atoms. The van der Waals surface area contributed by atoms with Crippen molar-refractivity contribution in [2.75, 3.05) is 20.6 Å². The van der Waals surface area contributed by atoms with E-state index >= 15 is 0 Å². The Hall–Kier alpha value is -1.59. The van der Waals surface area contributed by atoms with Crippen molar-refractivity contribution in [2.45, 2.75) is 6.04 Å². The molecular weight excluding hydrogens is 218 g/mol. The van der Waals surface area contributed by atoms with Crippen molar-refractivity contribution in [3.8, 4) is 0 Å². The SMILES string of the molecule is CNCC(NC)c1ccc2c(c1)oc(=O)n2C. The Labute approximate surface area is 99.4 Å². The number of hydrogen-bond donors (Lipinski definition) is 2. The van der Waals surface area contributed by atoms with Crippen molar-refractivity contribution in [3.05, 3.63) is 34.3 Å². The topological polar surface area (TPSA) is 59.2 Å². The van der Waals surface area contributed by atoms with Gasteiger partial charge in [0.15, 0.2) is 5.58 Å². The Morgan fingerprint density at radius 3 is 2.82 bits per heavy atom. The molecule has 92 valence electrons. The molecule has 0 aliphatic carbocycles. The van der Waals surface area contributed by atoms with Crippen LogP contribution in [0.15, 0.2) is 27.4 Å². The van der Waals surface area contributed by atoms with Gasteiger partial charge in [0.2, 0.25) is 0 Å². The quantitative estimate of drug-likeness (QED) is 0.815. The third-order valence-electron chi connectivity index (χ3n) is 2.98. The standard InChI is InChI=1S/C12H17N3O2/c1-13-7-9(14-2)8-4-5-10-11(6-8)17-12(16)15(10)3/h4-6,9,13-14H,7H2,1-3H3. The van der Waals surface area contributed by atoms with Crippen molar-refractivity contribution >= 4 is 11.1 Å². The van der Waals surface area contributed by atoms with Gasteiger partial charge >= 0.3 is 5.76 Å². The monoisotopic (exact) mass is 235 g/mol. The Bertz CT molecular complexity index is 571. The molecule has 5 heteroatoms. The van der Waals surface area contributed by atoms with Crippen molar-refractivity contribution in [1.29, 1.82) is 0 Å². The zero-order valence-electron chi connectivity index (χ0n) is 10.3. The summed E-state index contributed by atoms with van der Waals surface area (Å²) in [4.78, 5) is 11.4. The Morgan fingerprint density at radius 2 is 2.18 bits per heavy atom. The van der Waals surface area contributed by atoms with Gasteiger partial charge in [-0.15, -0.1) is 0 Å². The van der Waals surface area contributed by atoms with Crippen molar-refractivity contribution in [1.82, 2.24) is 15.2 Å². The van der Waals surface area contributed by atoms with Crippen molar-refractivity contribution in [2.24, 2.45) is 7.05 Å². The molecule has 5 nitrogen and oxygen atoms in total. The first-order valence-corrected chi connectivity index (χ1v) is 5.58. The number of hydrogen-bond acceptors (Lipinski definition) is 4. The Kier molecular flexibility index (Phi) is 3.31. The fourth-order valence-corrected chi connectivity index (χ4v) is 1.96. The van der Waals surface area contributed by atoms with Gasteiger partial charge in [0.25, 0.3) is 0 Å². The zero-order chi connectivity index (χ0) is 12.4. The maximum atomic E-state index is 11.4. The van der Waals surface area contributed by atoms with E-state index in [4.69, 9.17) is 4.42 Å². The number of aryl methyl sites for hydroxylation is 1. The van der Waals surface area contributed by atoms with Crippen LogP contribution in [-0.4, -0.2) is 25.2 Å². The molecule has 1 aromatic heterocycles. The summed E-state index contributed by atoms with van der Waals surface area (Å²) in [5, 5.41) is 6.34. The van der Waals surface area contributed by atoms with Crippen LogP contribution in [0.2, 0.25) is 0 Å². The van der Waals surface area contributed by atoms with Crippen LogP contribution in [-0.2, 0) is 7.05 Å². The molecule has 0 spiro atoms. The molecule has 0 aliphatic heterocycles. The summed E-state index contributed by atoms with van der Waals surface area (Å²) in [5.41, 5.74) is 2.55. The highest BCUT2D eigenvalue weighted by Crippen LogP contribution is 2.19. The first-order valence-electron chi connectivity index (χ1n) is 5.58. The van der Waals surface area contributed by atoms with E-state index in [0.29, 0.717) is 5.58 Å². The number of benzene rings is 1. The number of nitrogens with zero attached hydrogens (tertiary/aromatic N) is 1. The lowest BCUT2D eigenvalue weighted by molar-refractivity contribution is 0.525. The smallest absolute Gasteiger partial charge is 0.408 e. The molecule has 1 heterocycles. The van der Waals surface area contributed by atoms with E-state index in [-0.39, 0.29) is 11.8 Å². The number of aromatic nitrogens is 1. The normalized spacial score (nSPS) is 13.1. The van der Waals surface area contributed by atoms with Gasteiger partial charge in [-0.2, -0.15) is 0 Å². The number of rotatable bonds is 4. The molecule has 0 radical (unpaired) electrons. The van der Waals surface area contributed by atoms with E-state index in [1.807, 2.05) is 32.3 Å². The summed E-state index contributed by atoms with van der Waals surface area (Å²) in [6.45, 7) is 0.819. The first kappa shape index (κ1) is 11.9. The van der Waals surface area contributed by atoms with Gasteiger partial charge in [0.05, 0.1) is 5.52 Å². The minimum absolute atomic E-state index is 0.204. The molecular formula is C12H17N3O2. The van der Waals surface area contributed by atoms with Gasteiger partial charge in [-0.05, 0) is 31.8 Å². The molecule has 0 bridgehead atoms. The van der Waals surface area contributed by atoms with Gasteiger partial charge in [-0.1, -0.05) is 6.07 Å². The number of nitrogens with one attached hydrogen (secondary N) is 2.